The van der Waals surface area contributed by atoms with Crippen LogP contribution in [0.4, 0.5) is 0 Å². The van der Waals surface area contributed by atoms with Gasteiger partial charge in [0.25, 0.3) is 0 Å². The first-order valence-electron chi connectivity index (χ1n) is 5.80. The molecule has 2 aromatic heterocycles. The maximum Gasteiger partial charge on any atom is 0.0779 e. The highest BCUT2D eigenvalue weighted by Crippen LogP contribution is 2.36. The highest BCUT2D eigenvalue weighted by atomic mass is 79.9. The summed E-state index contributed by atoms with van der Waals surface area (Å²) in [5, 5.41) is 7.93. The molecule has 0 radical (unpaired) electrons. The Balaban J connectivity index is 2.39. The van der Waals surface area contributed by atoms with Crippen LogP contribution in [0.25, 0.3) is 0 Å². The van der Waals surface area contributed by atoms with Crippen LogP contribution in [-0.4, -0.2) is 6.54 Å². The smallest absolute Gasteiger partial charge is 0.0779 e. The van der Waals surface area contributed by atoms with Gasteiger partial charge in [-0.25, -0.2) is 0 Å². The van der Waals surface area contributed by atoms with E-state index in [-0.39, 0.29) is 0 Å². The molecule has 1 nitrogen and oxygen atoms in total. The van der Waals surface area contributed by atoms with E-state index in [0.29, 0.717) is 6.04 Å². The van der Waals surface area contributed by atoms with Gasteiger partial charge in [0, 0.05) is 14.2 Å². The van der Waals surface area contributed by atoms with E-state index in [4.69, 9.17) is 0 Å². The van der Waals surface area contributed by atoms with Gasteiger partial charge in [-0.2, -0.15) is 0 Å². The summed E-state index contributed by atoms with van der Waals surface area (Å²) >= 11 is 7.31. The molecule has 0 spiro atoms. The number of nitrogens with one attached hydrogen (secondary N) is 1. The van der Waals surface area contributed by atoms with E-state index in [9.17, 15) is 0 Å². The van der Waals surface area contributed by atoms with Crippen LogP contribution in [0, 0.1) is 0 Å². The monoisotopic (exact) mass is 329 g/mol. The van der Waals surface area contributed by atoms with E-state index in [1.807, 2.05) is 22.7 Å². The minimum atomic E-state index is 0.337. The summed E-state index contributed by atoms with van der Waals surface area (Å²) < 4.78 is 1.21. The summed E-state index contributed by atoms with van der Waals surface area (Å²) in [5.41, 5.74) is 1.46. The number of aryl methyl sites for hydroxylation is 1. The fraction of sp³-hybridized carbons (Fsp3) is 0.385. The third-order valence-electron chi connectivity index (χ3n) is 2.74. The molecule has 0 aromatic carbocycles. The Kier molecular flexibility index (Phi) is 4.79. The molecule has 1 unspecified atom stereocenters. The summed E-state index contributed by atoms with van der Waals surface area (Å²) in [5.74, 6) is 0. The molecule has 2 rings (SSSR count). The van der Waals surface area contributed by atoms with Crippen LogP contribution < -0.4 is 5.32 Å². The first kappa shape index (κ1) is 13.3. The van der Waals surface area contributed by atoms with Crippen molar-refractivity contribution < 1.29 is 0 Å². The second-order valence-corrected chi connectivity index (χ2v) is 6.54. The van der Waals surface area contributed by atoms with Gasteiger partial charge < -0.3 is 5.32 Å². The van der Waals surface area contributed by atoms with Gasteiger partial charge in [0.2, 0.25) is 0 Å². The molecule has 0 amide bonds. The molecular weight excluding hydrogens is 314 g/mol. The molecule has 0 fully saturated rings. The highest BCUT2D eigenvalue weighted by molar-refractivity contribution is 9.10. The Bertz CT molecular complexity index is 475. The molecule has 0 bridgehead atoms. The third kappa shape index (κ3) is 2.81. The lowest BCUT2D eigenvalue weighted by atomic mass is 10.1. The molecule has 0 aliphatic heterocycles. The van der Waals surface area contributed by atoms with E-state index in [2.05, 4.69) is 58.0 Å². The van der Waals surface area contributed by atoms with Gasteiger partial charge in [-0.3, -0.25) is 0 Å². The van der Waals surface area contributed by atoms with Crippen LogP contribution in [-0.2, 0) is 6.42 Å². The fourth-order valence-corrected chi connectivity index (χ4v) is 4.75. The number of hydrogen-bond acceptors (Lipinski definition) is 3. The number of thiophene rings is 2. The van der Waals surface area contributed by atoms with Crippen molar-refractivity contribution in [3.8, 4) is 0 Å². The van der Waals surface area contributed by atoms with Gasteiger partial charge >= 0.3 is 0 Å². The molecule has 1 N–H and O–H groups in total. The average molecular weight is 330 g/mol. The SMILES string of the molecule is CCNC(c1sccc1Br)c1sccc1CC. The number of halogens is 1. The maximum atomic E-state index is 3.64. The van der Waals surface area contributed by atoms with Crippen LogP contribution in [0.3, 0.4) is 0 Å². The zero-order valence-corrected chi connectivity index (χ0v) is 13.2. The average Bonchev–Trinajstić information content (AvgIpc) is 2.94. The third-order valence-corrected chi connectivity index (χ3v) is 5.70. The van der Waals surface area contributed by atoms with Crippen molar-refractivity contribution in [2.45, 2.75) is 26.3 Å². The number of hydrogen-bond donors (Lipinski definition) is 1. The Morgan fingerprint density at radius 3 is 2.47 bits per heavy atom. The topological polar surface area (TPSA) is 12.0 Å². The molecule has 1 atom stereocenters. The van der Waals surface area contributed by atoms with Crippen LogP contribution in [0.15, 0.2) is 27.4 Å². The van der Waals surface area contributed by atoms with Crippen molar-refractivity contribution in [3.05, 3.63) is 42.7 Å². The van der Waals surface area contributed by atoms with E-state index in [1.165, 1.54) is 19.8 Å². The summed E-state index contributed by atoms with van der Waals surface area (Å²) in [7, 11) is 0. The second-order valence-electron chi connectivity index (χ2n) is 3.79. The summed E-state index contributed by atoms with van der Waals surface area (Å²) in [6, 6.07) is 4.71. The lowest BCUT2D eigenvalue weighted by molar-refractivity contribution is 0.642. The second kappa shape index (κ2) is 6.14. The molecule has 0 aliphatic carbocycles. The van der Waals surface area contributed by atoms with Gasteiger partial charge in [0.15, 0.2) is 0 Å². The van der Waals surface area contributed by atoms with Crippen molar-refractivity contribution in [2.75, 3.05) is 6.54 Å². The summed E-state index contributed by atoms with van der Waals surface area (Å²) in [6.07, 6.45) is 1.10. The summed E-state index contributed by atoms with van der Waals surface area (Å²) in [4.78, 5) is 2.83. The van der Waals surface area contributed by atoms with E-state index in [0.717, 1.165) is 13.0 Å². The van der Waals surface area contributed by atoms with E-state index < -0.39 is 0 Å². The lowest BCUT2D eigenvalue weighted by Crippen LogP contribution is -2.21. The lowest BCUT2D eigenvalue weighted by Gasteiger charge is -2.17. The minimum Gasteiger partial charge on any atom is -0.305 e. The quantitative estimate of drug-likeness (QED) is 0.828. The Labute approximate surface area is 119 Å². The predicted octanol–water partition coefficient (Wildman–Crippen LogP) is 4.83. The predicted molar refractivity (Wildman–Crippen MR) is 81.2 cm³/mol. The molecule has 0 saturated heterocycles. The maximum absolute atomic E-state index is 3.64. The van der Waals surface area contributed by atoms with Crippen LogP contribution in [0.2, 0.25) is 0 Å². The fourth-order valence-electron chi connectivity index (χ4n) is 1.91. The minimum absolute atomic E-state index is 0.337. The Morgan fingerprint density at radius 2 is 1.88 bits per heavy atom. The Morgan fingerprint density at radius 1 is 1.18 bits per heavy atom. The van der Waals surface area contributed by atoms with Gasteiger partial charge in [0.1, 0.15) is 0 Å². The zero-order chi connectivity index (χ0) is 12.3. The zero-order valence-electron chi connectivity index (χ0n) is 10.00. The van der Waals surface area contributed by atoms with Crippen LogP contribution in [0.1, 0.15) is 35.2 Å². The Hall–Kier alpha value is -0.160. The standard InChI is InChI=1S/C13H16BrNS2/c1-3-9-5-7-16-12(9)11(15-4-2)13-10(14)6-8-17-13/h5-8,11,15H,3-4H2,1-2H3. The van der Waals surface area contributed by atoms with Crippen molar-refractivity contribution >= 4 is 38.6 Å². The van der Waals surface area contributed by atoms with Crippen LogP contribution in [0.5, 0.6) is 0 Å². The van der Waals surface area contributed by atoms with Gasteiger partial charge in [-0.05, 0) is 57.4 Å². The highest BCUT2D eigenvalue weighted by Gasteiger charge is 2.20. The van der Waals surface area contributed by atoms with Gasteiger partial charge in [-0.15, -0.1) is 22.7 Å². The summed E-state index contributed by atoms with van der Waals surface area (Å²) in [6.45, 7) is 5.36. The molecule has 17 heavy (non-hydrogen) atoms. The molecule has 4 heteroatoms. The van der Waals surface area contributed by atoms with Crippen molar-refractivity contribution in [2.24, 2.45) is 0 Å². The largest absolute Gasteiger partial charge is 0.305 e. The molecule has 0 saturated carbocycles. The van der Waals surface area contributed by atoms with Gasteiger partial charge in [0.05, 0.1) is 6.04 Å². The molecule has 92 valence electrons. The van der Waals surface area contributed by atoms with E-state index in [1.54, 1.807) is 0 Å². The molecule has 2 aromatic rings. The van der Waals surface area contributed by atoms with Crippen molar-refractivity contribution in [1.29, 1.82) is 0 Å². The normalized spacial score (nSPS) is 12.9. The van der Waals surface area contributed by atoms with Crippen molar-refractivity contribution in [1.82, 2.24) is 5.32 Å². The molecule has 0 aliphatic rings. The van der Waals surface area contributed by atoms with Crippen LogP contribution >= 0.6 is 38.6 Å². The number of rotatable bonds is 5. The first-order chi connectivity index (χ1) is 8.27. The van der Waals surface area contributed by atoms with Gasteiger partial charge in [-0.1, -0.05) is 13.8 Å². The molecular formula is C13H16BrNS2. The van der Waals surface area contributed by atoms with Crippen molar-refractivity contribution in [3.63, 3.8) is 0 Å². The molecule has 2 heterocycles. The first-order valence-corrected chi connectivity index (χ1v) is 8.35. The van der Waals surface area contributed by atoms with E-state index >= 15 is 0 Å².